The lowest BCUT2D eigenvalue weighted by molar-refractivity contribution is -0.135. The molecular weight excluding hydrogens is 566 g/mol. The first kappa shape index (κ1) is 44.3. The molecule has 0 rings (SSSR count). The van der Waals surface area contributed by atoms with Crippen LogP contribution in [-0.4, -0.2) is 86.5 Å². The van der Waals surface area contributed by atoms with Gasteiger partial charge in [-0.3, -0.25) is 4.79 Å². The Morgan fingerprint density at radius 1 is 0.622 bits per heavy atom. The second-order valence-corrected chi connectivity index (χ2v) is 13.2. The van der Waals surface area contributed by atoms with E-state index < -0.39 is 6.10 Å². The van der Waals surface area contributed by atoms with Gasteiger partial charge >= 0.3 is 0 Å². The number of hydrogen-bond donors (Lipinski definition) is 2. The van der Waals surface area contributed by atoms with E-state index in [4.69, 9.17) is 14.2 Å². The minimum Gasteiger partial charge on any atom is -0.394 e. The lowest BCUT2D eigenvalue weighted by Gasteiger charge is -2.28. The van der Waals surface area contributed by atoms with Crippen molar-refractivity contribution >= 4 is 5.91 Å². The lowest BCUT2D eigenvalue weighted by atomic mass is 10.0. The van der Waals surface area contributed by atoms with Gasteiger partial charge in [0.15, 0.2) is 0 Å². The molecule has 0 bridgehead atoms. The van der Waals surface area contributed by atoms with Crippen LogP contribution in [0.5, 0.6) is 0 Å². The largest absolute Gasteiger partial charge is 0.394 e. The van der Waals surface area contributed by atoms with Gasteiger partial charge in [-0.25, -0.2) is 0 Å². The van der Waals surface area contributed by atoms with Gasteiger partial charge in [0.1, 0.15) is 6.10 Å². The second-order valence-electron chi connectivity index (χ2n) is 13.2. The Hall–Kier alpha value is -0.730. The van der Waals surface area contributed by atoms with E-state index in [1.807, 2.05) is 4.90 Å². The zero-order valence-electron chi connectivity index (χ0n) is 30.3. The number of nitrogens with zero attached hydrogens (tertiary/aromatic N) is 1. The van der Waals surface area contributed by atoms with Crippen LogP contribution >= 0.6 is 0 Å². The molecule has 0 aliphatic carbocycles. The molecule has 2 unspecified atom stereocenters. The third-order valence-electron chi connectivity index (χ3n) is 8.73. The van der Waals surface area contributed by atoms with Crippen LogP contribution in [-0.2, 0) is 19.0 Å². The van der Waals surface area contributed by atoms with E-state index >= 15 is 0 Å². The average molecular weight is 644 g/mol. The third-order valence-corrected chi connectivity index (χ3v) is 8.73. The summed E-state index contributed by atoms with van der Waals surface area (Å²) in [7, 11) is 1.68. The van der Waals surface area contributed by atoms with E-state index in [-0.39, 0.29) is 25.2 Å². The van der Waals surface area contributed by atoms with Gasteiger partial charge in [0.25, 0.3) is 0 Å². The van der Waals surface area contributed by atoms with Crippen molar-refractivity contribution < 1.29 is 29.2 Å². The number of ether oxygens (including phenoxy) is 3. The number of rotatable bonds is 37. The Bertz CT molecular complexity index is 593. The van der Waals surface area contributed by atoms with Crippen LogP contribution in [0.1, 0.15) is 174 Å². The first-order valence-corrected chi connectivity index (χ1v) is 19.3. The molecule has 0 aromatic carbocycles. The van der Waals surface area contributed by atoms with Crippen LogP contribution in [0, 0.1) is 0 Å². The molecule has 0 heterocycles. The van der Waals surface area contributed by atoms with E-state index in [1.165, 1.54) is 128 Å². The summed E-state index contributed by atoms with van der Waals surface area (Å²) >= 11 is 0. The maximum atomic E-state index is 13.2. The zero-order valence-corrected chi connectivity index (χ0v) is 30.3. The molecular formula is C38H77NO6. The minimum atomic E-state index is -0.932. The fraction of sp³-hybridized carbons (Fsp3) is 0.974. The summed E-state index contributed by atoms with van der Waals surface area (Å²) in [6.45, 7) is 6.91. The molecule has 1 amide bonds. The van der Waals surface area contributed by atoms with E-state index in [1.54, 1.807) is 7.11 Å². The number of carbonyl (C=O) groups excluding carboxylic acids is 1. The number of amides is 1. The predicted octanol–water partition coefficient (Wildman–Crippen LogP) is 9.01. The van der Waals surface area contributed by atoms with Crippen molar-refractivity contribution in [1.29, 1.82) is 0 Å². The highest BCUT2D eigenvalue weighted by atomic mass is 16.5. The molecule has 0 aliphatic rings. The van der Waals surface area contributed by atoms with Gasteiger partial charge in [-0.05, 0) is 19.3 Å². The SMILES string of the molecule is CCCCCCCCCCCCCCCCOCC(CN(CCCOC)C(=O)CCCCCCCCCCC)OCC(O)CO. The van der Waals surface area contributed by atoms with Gasteiger partial charge in [0, 0.05) is 39.8 Å². The van der Waals surface area contributed by atoms with Crippen molar-refractivity contribution in [2.24, 2.45) is 0 Å². The number of aliphatic hydroxyl groups excluding tert-OH is 2. The summed E-state index contributed by atoms with van der Waals surface area (Å²) in [4.78, 5) is 15.1. The Morgan fingerprint density at radius 2 is 1.09 bits per heavy atom. The summed E-state index contributed by atoms with van der Waals surface area (Å²) in [6, 6.07) is 0. The molecule has 0 saturated carbocycles. The van der Waals surface area contributed by atoms with E-state index in [9.17, 15) is 15.0 Å². The molecule has 2 N–H and O–H groups in total. The van der Waals surface area contributed by atoms with Crippen molar-refractivity contribution in [2.45, 2.75) is 187 Å². The Kier molecular flexibility index (Phi) is 35.5. The van der Waals surface area contributed by atoms with Gasteiger partial charge in [-0.1, -0.05) is 149 Å². The first-order chi connectivity index (χ1) is 22.1. The lowest BCUT2D eigenvalue weighted by Crippen LogP contribution is -2.42. The van der Waals surface area contributed by atoms with Gasteiger partial charge < -0.3 is 29.3 Å². The van der Waals surface area contributed by atoms with Crippen molar-refractivity contribution in [3.8, 4) is 0 Å². The number of aliphatic hydroxyl groups is 2. The van der Waals surface area contributed by atoms with Crippen LogP contribution in [0.25, 0.3) is 0 Å². The molecule has 45 heavy (non-hydrogen) atoms. The molecule has 7 nitrogen and oxygen atoms in total. The van der Waals surface area contributed by atoms with Crippen LogP contribution < -0.4 is 0 Å². The van der Waals surface area contributed by atoms with E-state index in [2.05, 4.69) is 13.8 Å². The molecule has 0 aromatic rings. The molecule has 0 spiro atoms. The normalized spacial score (nSPS) is 12.9. The van der Waals surface area contributed by atoms with Crippen molar-refractivity contribution in [2.75, 3.05) is 53.2 Å². The predicted molar refractivity (Wildman–Crippen MR) is 189 cm³/mol. The Morgan fingerprint density at radius 3 is 1.56 bits per heavy atom. The monoisotopic (exact) mass is 644 g/mol. The molecule has 0 aliphatic heterocycles. The molecule has 0 aromatic heterocycles. The topological polar surface area (TPSA) is 88.5 Å². The highest BCUT2D eigenvalue weighted by Gasteiger charge is 2.20. The highest BCUT2D eigenvalue weighted by molar-refractivity contribution is 5.76. The average Bonchev–Trinajstić information content (AvgIpc) is 3.05. The van der Waals surface area contributed by atoms with Crippen LogP contribution in [0.4, 0.5) is 0 Å². The summed E-state index contributed by atoms with van der Waals surface area (Å²) in [5.74, 6) is 0.150. The Balaban J connectivity index is 4.35. The molecule has 0 fully saturated rings. The fourth-order valence-electron chi connectivity index (χ4n) is 5.78. The quantitative estimate of drug-likeness (QED) is 0.0657. The van der Waals surface area contributed by atoms with Gasteiger partial charge in [-0.2, -0.15) is 0 Å². The summed E-state index contributed by atoms with van der Waals surface area (Å²) in [5, 5.41) is 19.1. The minimum absolute atomic E-state index is 0.0295. The molecule has 7 heteroatoms. The first-order valence-electron chi connectivity index (χ1n) is 19.3. The Labute approximate surface area is 279 Å². The highest BCUT2D eigenvalue weighted by Crippen LogP contribution is 2.14. The fourth-order valence-corrected chi connectivity index (χ4v) is 5.78. The number of unbranched alkanes of at least 4 members (excludes halogenated alkanes) is 21. The van der Waals surface area contributed by atoms with Crippen LogP contribution in [0.2, 0.25) is 0 Å². The third kappa shape index (κ3) is 31.6. The number of methoxy groups -OCH3 is 1. The van der Waals surface area contributed by atoms with Crippen molar-refractivity contribution in [1.82, 2.24) is 4.90 Å². The number of carbonyl (C=O) groups is 1. The molecule has 0 saturated heterocycles. The van der Waals surface area contributed by atoms with E-state index in [0.717, 1.165) is 25.7 Å². The summed E-state index contributed by atoms with van der Waals surface area (Å²) < 4.78 is 17.2. The molecule has 2 atom stereocenters. The molecule has 0 radical (unpaired) electrons. The molecule has 270 valence electrons. The van der Waals surface area contributed by atoms with Gasteiger partial charge in [-0.15, -0.1) is 0 Å². The van der Waals surface area contributed by atoms with Crippen molar-refractivity contribution in [3.63, 3.8) is 0 Å². The standard InChI is InChI=1S/C38H77NO6/c1-4-6-8-10-12-14-15-16-17-18-20-22-24-26-31-44-35-37(45-34-36(41)33-40)32-39(29-27-30-43-3)38(42)28-25-23-21-19-13-11-9-7-5-2/h36-37,40-41H,4-35H2,1-3H3. The van der Waals surface area contributed by atoms with Gasteiger partial charge in [0.05, 0.1) is 25.9 Å². The summed E-state index contributed by atoms with van der Waals surface area (Å²) in [5.41, 5.74) is 0. The summed E-state index contributed by atoms with van der Waals surface area (Å²) in [6.07, 6.45) is 29.7. The number of hydrogen-bond acceptors (Lipinski definition) is 6. The van der Waals surface area contributed by atoms with Crippen LogP contribution in [0.3, 0.4) is 0 Å². The second kappa shape index (κ2) is 36.1. The van der Waals surface area contributed by atoms with E-state index in [0.29, 0.717) is 39.3 Å². The van der Waals surface area contributed by atoms with Gasteiger partial charge in [0.2, 0.25) is 5.91 Å². The maximum Gasteiger partial charge on any atom is 0.222 e. The smallest absolute Gasteiger partial charge is 0.222 e. The van der Waals surface area contributed by atoms with Crippen LogP contribution in [0.15, 0.2) is 0 Å². The maximum absolute atomic E-state index is 13.2. The van der Waals surface area contributed by atoms with Crippen molar-refractivity contribution in [3.05, 3.63) is 0 Å². The zero-order chi connectivity index (χ0) is 33.1.